The largest absolute Gasteiger partial charge is 0.351 e. The number of rotatable bonds is 4. The molecule has 0 aliphatic heterocycles. The molecule has 0 spiro atoms. The predicted octanol–water partition coefficient (Wildman–Crippen LogP) is 3.90. The summed E-state index contributed by atoms with van der Waals surface area (Å²) < 4.78 is 2.44. The van der Waals surface area contributed by atoms with Gasteiger partial charge in [0.25, 0.3) is 0 Å². The van der Waals surface area contributed by atoms with E-state index in [2.05, 4.69) is 44.5 Å². The molecule has 0 bridgehead atoms. The zero-order valence-corrected chi connectivity index (χ0v) is 12.4. The number of fused-ring (bicyclic) bond motifs is 1. The molecule has 2 nitrogen and oxygen atoms in total. The van der Waals surface area contributed by atoms with Crippen LogP contribution in [-0.4, -0.2) is 4.57 Å². The molecule has 0 saturated carbocycles. The standard InChI is InChI=1S/C16H28N2/c1-12(2)6-5-8-18-9-7-13-14(17)10-16(3,4)11-15(13)18/h7,9,12,14H,5-6,8,10-11,17H2,1-4H3. The highest BCUT2D eigenvalue weighted by molar-refractivity contribution is 5.30. The number of nitrogens with two attached hydrogens (primary N) is 1. The third kappa shape index (κ3) is 2.97. The van der Waals surface area contributed by atoms with Gasteiger partial charge in [0.2, 0.25) is 0 Å². The Hall–Kier alpha value is -0.760. The Labute approximate surface area is 112 Å². The lowest BCUT2D eigenvalue weighted by atomic mass is 9.74. The summed E-state index contributed by atoms with van der Waals surface area (Å²) in [4.78, 5) is 0. The second-order valence-corrected chi connectivity index (χ2v) is 7.10. The summed E-state index contributed by atoms with van der Waals surface area (Å²) in [5.74, 6) is 0.801. The molecule has 1 heterocycles. The van der Waals surface area contributed by atoms with Crippen LogP contribution in [0.3, 0.4) is 0 Å². The Morgan fingerprint density at radius 1 is 1.44 bits per heavy atom. The molecule has 0 aromatic carbocycles. The molecule has 2 heteroatoms. The molecule has 1 atom stereocenters. The van der Waals surface area contributed by atoms with E-state index in [1.54, 1.807) is 0 Å². The zero-order valence-electron chi connectivity index (χ0n) is 12.4. The normalized spacial score (nSPS) is 22.2. The van der Waals surface area contributed by atoms with Crippen molar-refractivity contribution in [3.8, 4) is 0 Å². The van der Waals surface area contributed by atoms with Crippen molar-refractivity contribution in [2.75, 3.05) is 0 Å². The molecular formula is C16H28N2. The van der Waals surface area contributed by atoms with Gasteiger partial charge in [-0.3, -0.25) is 0 Å². The van der Waals surface area contributed by atoms with Crippen LogP contribution < -0.4 is 5.73 Å². The zero-order chi connectivity index (χ0) is 13.3. The maximum absolute atomic E-state index is 6.30. The summed E-state index contributed by atoms with van der Waals surface area (Å²) >= 11 is 0. The minimum atomic E-state index is 0.232. The molecule has 1 aliphatic carbocycles. The lowest BCUT2D eigenvalue weighted by Gasteiger charge is -2.34. The van der Waals surface area contributed by atoms with E-state index in [9.17, 15) is 0 Å². The molecule has 18 heavy (non-hydrogen) atoms. The summed E-state index contributed by atoms with van der Waals surface area (Å²) in [6, 6.07) is 2.47. The van der Waals surface area contributed by atoms with Gasteiger partial charge in [-0.1, -0.05) is 27.7 Å². The van der Waals surface area contributed by atoms with Crippen molar-refractivity contribution in [2.24, 2.45) is 17.1 Å². The number of aryl methyl sites for hydroxylation is 1. The molecule has 1 aliphatic rings. The second-order valence-electron chi connectivity index (χ2n) is 7.10. The van der Waals surface area contributed by atoms with E-state index in [0.717, 1.165) is 18.9 Å². The fraction of sp³-hybridized carbons (Fsp3) is 0.750. The van der Waals surface area contributed by atoms with Gasteiger partial charge in [0, 0.05) is 24.5 Å². The number of nitrogens with zero attached hydrogens (tertiary/aromatic N) is 1. The summed E-state index contributed by atoms with van der Waals surface area (Å²) in [5, 5.41) is 0. The first-order valence-electron chi connectivity index (χ1n) is 7.32. The lowest BCUT2D eigenvalue weighted by Crippen LogP contribution is -2.30. The Kier molecular flexibility index (Phi) is 3.86. The third-order valence-electron chi connectivity index (χ3n) is 4.11. The molecule has 1 aromatic heterocycles. The van der Waals surface area contributed by atoms with Gasteiger partial charge < -0.3 is 10.3 Å². The van der Waals surface area contributed by atoms with E-state index < -0.39 is 0 Å². The molecule has 0 fully saturated rings. The Morgan fingerprint density at radius 3 is 2.83 bits per heavy atom. The first-order chi connectivity index (χ1) is 8.39. The fourth-order valence-electron chi connectivity index (χ4n) is 3.17. The van der Waals surface area contributed by atoms with Crippen molar-refractivity contribution < 1.29 is 0 Å². The number of hydrogen-bond donors (Lipinski definition) is 1. The Balaban J connectivity index is 2.10. The van der Waals surface area contributed by atoms with Gasteiger partial charge in [-0.25, -0.2) is 0 Å². The molecule has 2 rings (SSSR count). The highest BCUT2D eigenvalue weighted by Gasteiger charge is 2.32. The lowest BCUT2D eigenvalue weighted by molar-refractivity contribution is 0.274. The fourth-order valence-corrected chi connectivity index (χ4v) is 3.17. The summed E-state index contributed by atoms with van der Waals surface area (Å²) in [6.07, 6.45) is 7.10. The van der Waals surface area contributed by atoms with Crippen LogP contribution in [0, 0.1) is 11.3 Å². The van der Waals surface area contributed by atoms with Crippen LogP contribution in [0.15, 0.2) is 12.3 Å². The minimum absolute atomic E-state index is 0.232. The van der Waals surface area contributed by atoms with Gasteiger partial charge in [-0.2, -0.15) is 0 Å². The molecule has 1 aromatic rings. The van der Waals surface area contributed by atoms with Gasteiger partial charge >= 0.3 is 0 Å². The van der Waals surface area contributed by atoms with Crippen LogP contribution in [-0.2, 0) is 13.0 Å². The van der Waals surface area contributed by atoms with E-state index in [1.807, 2.05) is 0 Å². The van der Waals surface area contributed by atoms with Gasteiger partial charge in [-0.05, 0) is 48.6 Å². The molecule has 0 radical (unpaired) electrons. The first kappa shape index (κ1) is 13.7. The van der Waals surface area contributed by atoms with Crippen molar-refractivity contribution in [3.63, 3.8) is 0 Å². The molecule has 1 unspecified atom stereocenters. The van der Waals surface area contributed by atoms with Crippen molar-refractivity contribution in [3.05, 3.63) is 23.5 Å². The van der Waals surface area contributed by atoms with E-state index in [-0.39, 0.29) is 6.04 Å². The van der Waals surface area contributed by atoms with Crippen LogP contribution in [0.5, 0.6) is 0 Å². The SMILES string of the molecule is CC(C)CCCn1ccc2c1CC(C)(C)CC2N. The van der Waals surface area contributed by atoms with E-state index in [0.29, 0.717) is 5.41 Å². The number of hydrogen-bond acceptors (Lipinski definition) is 1. The molecular weight excluding hydrogens is 220 g/mol. The third-order valence-corrected chi connectivity index (χ3v) is 4.11. The average molecular weight is 248 g/mol. The minimum Gasteiger partial charge on any atom is -0.351 e. The maximum atomic E-state index is 6.30. The summed E-state index contributed by atoms with van der Waals surface area (Å²) in [7, 11) is 0. The van der Waals surface area contributed by atoms with Crippen molar-refractivity contribution >= 4 is 0 Å². The van der Waals surface area contributed by atoms with E-state index in [4.69, 9.17) is 5.73 Å². The quantitative estimate of drug-likeness (QED) is 0.861. The van der Waals surface area contributed by atoms with Gasteiger partial charge in [0.05, 0.1) is 0 Å². The topological polar surface area (TPSA) is 30.9 Å². The van der Waals surface area contributed by atoms with Gasteiger partial charge in [0.15, 0.2) is 0 Å². The first-order valence-corrected chi connectivity index (χ1v) is 7.32. The van der Waals surface area contributed by atoms with Crippen molar-refractivity contribution in [1.29, 1.82) is 0 Å². The monoisotopic (exact) mass is 248 g/mol. The molecule has 102 valence electrons. The van der Waals surface area contributed by atoms with Crippen LogP contribution in [0.4, 0.5) is 0 Å². The summed E-state index contributed by atoms with van der Waals surface area (Å²) in [6.45, 7) is 10.4. The molecule has 2 N–H and O–H groups in total. The summed E-state index contributed by atoms with van der Waals surface area (Å²) in [5.41, 5.74) is 9.52. The Morgan fingerprint density at radius 2 is 2.17 bits per heavy atom. The smallest absolute Gasteiger partial charge is 0.0318 e. The highest BCUT2D eigenvalue weighted by atomic mass is 15.0. The van der Waals surface area contributed by atoms with Crippen LogP contribution in [0.1, 0.15) is 64.3 Å². The highest BCUT2D eigenvalue weighted by Crippen LogP contribution is 2.40. The van der Waals surface area contributed by atoms with Crippen LogP contribution in [0.25, 0.3) is 0 Å². The number of aromatic nitrogens is 1. The Bertz CT molecular complexity index is 401. The second kappa shape index (κ2) is 5.08. The van der Waals surface area contributed by atoms with Crippen molar-refractivity contribution in [1.82, 2.24) is 4.57 Å². The van der Waals surface area contributed by atoms with Crippen molar-refractivity contribution in [2.45, 2.75) is 66.0 Å². The van der Waals surface area contributed by atoms with Gasteiger partial charge in [0.1, 0.15) is 0 Å². The van der Waals surface area contributed by atoms with Crippen LogP contribution >= 0.6 is 0 Å². The van der Waals surface area contributed by atoms with Crippen LogP contribution in [0.2, 0.25) is 0 Å². The van der Waals surface area contributed by atoms with E-state index >= 15 is 0 Å². The predicted molar refractivity (Wildman–Crippen MR) is 77.5 cm³/mol. The maximum Gasteiger partial charge on any atom is 0.0318 e. The average Bonchev–Trinajstić information content (AvgIpc) is 2.59. The molecule has 0 amide bonds. The molecule has 0 saturated heterocycles. The van der Waals surface area contributed by atoms with E-state index in [1.165, 1.54) is 30.5 Å². The van der Waals surface area contributed by atoms with Gasteiger partial charge in [-0.15, -0.1) is 0 Å².